The van der Waals surface area contributed by atoms with Gasteiger partial charge in [-0.05, 0) is 30.7 Å². The van der Waals surface area contributed by atoms with Crippen molar-refractivity contribution in [2.24, 2.45) is 11.8 Å². The molecule has 94 valence electrons. The Morgan fingerprint density at radius 2 is 2.06 bits per heavy atom. The molecule has 1 aromatic rings. The van der Waals surface area contributed by atoms with E-state index in [0.717, 1.165) is 30.4 Å². The average Bonchev–Trinajstić information content (AvgIpc) is 3.03. The van der Waals surface area contributed by atoms with Crippen LogP contribution < -0.4 is 4.90 Å². The third-order valence-corrected chi connectivity index (χ3v) is 3.88. The topological polar surface area (TPSA) is 23.5 Å². The molecule has 2 heteroatoms. The van der Waals surface area contributed by atoms with Gasteiger partial charge in [-0.15, -0.1) is 0 Å². The molecule has 2 rings (SSSR count). The van der Waals surface area contributed by atoms with Crippen LogP contribution in [0.2, 0.25) is 0 Å². The van der Waals surface area contributed by atoms with E-state index in [2.05, 4.69) is 24.9 Å². The van der Waals surface area contributed by atoms with Crippen molar-refractivity contribution in [3.63, 3.8) is 0 Å². The first-order valence-electron chi connectivity index (χ1n) is 6.61. The summed E-state index contributed by atoms with van der Waals surface area (Å²) < 4.78 is 0. The first kappa shape index (κ1) is 12.4. The summed E-state index contributed by atoms with van der Waals surface area (Å²) in [7, 11) is 2.13. The van der Waals surface area contributed by atoms with Gasteiger partial charge in [-0.2, -0.15) is 0 Å². The molecule has 0 aliphatic heterocycles. The molecular formula is C15H23NO. The van der Waals surface area contributed by atoms with E-state index in [4.69, 9.17) is 0 Å². The number of para-hydroxylation sites is 1. The molecule has 3 atom stereocenters. The predicted molar refractivity (Wildman–Crippen MR) is 72.2 cm³/mol. The summed E-state index contributed by atoms with van der Waals surface area (Å²) in [5.74, 6) is 1.72. The lowest BCUT2D eigenvalue weighted by molar-refractivity contribution is 0.174. The van der Waals surface area contributed by atoms with Crippen LogP contribution in [-0.2, 0) is 0 Å². The Labute approximate surface area is 104 Å². The summed E-state index contributed by atoms with van der Waals surface area (Å²) >= 11 is 0. The lowest BCUT2D eigenvalue weighted by Crippen LogP contribution is -2.22. The third kappa shape index (κ3) is 2.81. The molecule has 2 nitrogen and oxygen atoms in total. The molecule has 1 N–H and O–H groups in total. The summed E-state index contributed by atoms with van der Waals surface area (Å²) in [6.07, 6.45) is 1.78. The van der Waals surface area contributed by atoms with Crippen LogP contribution in [-0.4, -0.2) is 18.7 Å². The van der Waals surface area contributed by atoms with Crippen molar-refractivity contribution >= 4 is 5.69 Å². The molecule has 0 bridgehead atoms. The molecular weight excluding hydrogens is 210 g/mol. The van der Waals surface area contributed by atoms with Gasteiger partial charge in [0.25, 0.3) is 0 Å². The lowest BCUT2D eigenvalue weighted by Gasteiger charge is -2.24. The molecule has 0 spiro atoms. The number of benzene rings is 1. The van der Waals surface area contributed by atoms with Crippen molar-refractivity contribution in [3.05, 3.63) is 29.8 Å². The summed E-state index contributed by atoms with van der Waals surface area (Å²) in [6.45, 7) is 5.43. The van der Waals surface area contributed by atoms with Gasteiger partial charge in [0, 0.05) is 24.8 Å². The Morgan fingerprint density at radius 3 is 2.65 bits per heavy atom. The van der Waals surface area contributed by atoms with Crippen LogP contribution in [0, 0.1) is 11.8 Å². The minimum absolute atomic E-state index is 0.342. The molecule has 1 saturated carbocycles. The van der Waals surface area contributed by atoms with E-state index in [1.54, 1.807) is 0 Å². The fourth-order valence-electron chi connectivity index (χ4n) is 2.44. The van der Waals surface area contributed by atoms with E-state index in [9.17, 15) is 5.11 Å². The van der Waals surface area contributed by atoms with Crippen molar-refractivity contribution in [1.82, 2.24) is 0 Å². The standard InChI is InChI=1S/C15H23NO/c1-4-15(17)13-7-5-6-8-14(13)16(3)10-12-9-11(12)2/h5-8,11-12,15,17H,4,9-10H2,1-3H3. The fraction of sp³-hybridized carbons (Fsp3) is 0.600. The van der Waals surface area contributed by atoms with E-state index in [-0.39, 0.29) is 6.10 Å². The van der Waals surface area contributed by atoms with E-state index in [0.29, 0.717) is 0 Å². The SMILES string of the molecule is CCC(O)c1ccccc1N(C)CC1CC1C. The quantitative estimate of drug-likeness (QED) is 0.844. The van der Waals surface area contributed by atoms with Crippen LogP contribution in [0.5, 0.6) is 0 Å². The second-order valence-electron chi connectivity index (χ2n) is 5.34. The average molecular weight is 233 g/mol. The zero-order valence-electron chi connectivity index (χ0n) is 11.1. The van der Waals surface area contributed by atoms with Gasteiger partial charge < -0.3 is 10.0 Å². The van der Waals surface area contributed by atoms with Gasteiger partial charge in [0.05, 0.1) is 6.10 Å². The van der Waals surface area contributed by atoms with Gasteiger partial charge in [-0.1, -0.05) is 32.0 Å². The first-order valence-corrected chi connectivity index (χ1v) is 6.61. The Kier molecular flexibility index (Phi) is 3.72. The number of aliphatic hydroxyl groups is 1. The monoisotopic (exact) mass is 233 g/mol. The highest BCUT2D eigenvalue weighted by atomic mass is 16.3. The van der Waals surface area contributed by atoms with Crippen LogP contribution in [0.25, 0.3) is 0 Å². The predicted octanol–water partition coefficient (Wildman–Crippen LogP) is 3.22. The smallest absolute Gasteiger partial charge is 0.0807 e. The van der Waals surface area contributed by atoms with E-state index in [1.807, 2.05) is 25.1 Å². The molecule has 1 aromatic carbocycles. The van der Waals surface area contributed by atoms with Crippen LogP contribution in [0.4, 0.5) is 5.69 Å². The van der Waals surface area contributed by atoms with Gasteiger partial charge in [0.2, 0.25) is 0 Å². The molecule has 1 aliphatic rings. The zero-order chi connectivity index (χ0) is 12.4. The minimum atomic E-state index is -0.342. The largest absolute Gasteiger partial charge is 0.388 e. The highest BCUT2D eigenvalue weighted by Crippen LogP contribution is 2.39. The number of hydrogen-bond donors (Lipinski definition) is 1. The molecule has 0 radical (unpaired) electrons. The second kappa shape index (κ2) is 5.09. The number of hydrogen-bond acceptors (Lipinski definition) is 2. The normalized spacial score (nSPS) is 24.5. The lowest BCUT2D eigenvalue weighted by atomic mass is 10.0. The van der Waals surface area contributed by atoms with Crippen LogP contribution in [0.3, 0.4) is 0 Å². The molecule has 0 aromatic heterocycles. The van der Waals surface area contributed by atoms with Gasteiger partial charge >= 0.3 is 0 Å². The summed E-state index contributed by atoms with van der Waals surface area (Å²) in [5, 5.41) is 10.0. The summed E-state index contributed by atoms with van der Waals surface area (Å²) in [4.78, 5) is 2.29. The Morgan fingerprint density at radius 1 is 1.41 bits per heavy atom. The maximum atomic E-state index is 10.0. The molecule has 0 amide bonds. The van der Waals surface area contributed by atoms with E-state index < -0.39 is 0 Å². The summed E-state index contributed by atoms with van der Waals surface area (Å²) in [6, 6.07) is 8.21. The van der Waals surface area contributed by atoms with E-state index >= 15 is 0 Å². The highest BCUT2D eigenvalue weighted by Gasteiger charge is 2.33. The number of aliphatic hydroxyl groups excluding tert-OH is 1. The van der Waals surface area contributed by atoms with Crippen molar-refractivity contribution in [2.75, 3.05) is 18.5 Å². The Balaban J connectivity index is 2.12. The van der Waals surface area contributed by atoms with Crippen LogP contribution in [0.1, 0.15) is 38.4 Å². The molecule has 3 unspecified atom stereocenters. The maximum Gasteiger partial charge on any atom is 0.0807 e. The molecule has 1 fully saturated rings. The minimum Gasteiger partial charge on any atom is -0.388 e. The van der Waals surface area contributed by atoms with Crippen molar-refractivity contribution in [1.29, 1.82) is 0 Å². The van der Waals surface area contributed by atoms with Gasteiger partial charge in [0.15, 0.2) is 0 Å². The molecule has 1 aliphatic carbocycles. The maximum absolute atomic E-state index is 10.0. The van der Waals surface area contributed by atoms with Crippen molar-refractivity contribution in [2.45, 2.75) is 32.8 Å². The molecule has 0 saturated heterocycles. The molecule has 17 heavy (non-hydrogen) atoms. The van der Waals surface area contributed by atoms with Gasteiger partial charge in [-0.25, -0.2) is 0 Å². The van der Waals surface area contributed by atoms with Crippen molar-refractivity contribution in [3.8, 4) is 0 Å². The van der Waals surface area contributed by atoms with Gasteiger partial charge in [-0.3, -0.25) is 0 Å². The third-order valence-electron chi connectivity index (χ3n) is 3.88. The highest BCUT2D eigenvalue weighted by molar-refractivity contribution is 5.54. The second-order valence-corrected chi connectivity index (χ2v) is 5.34. The number of nitrogens with zero attached hydrogens (tertiary/aromatic N) is 1. The van der Waals surface area contributed by atoms with Crippen LogP contribution >= 0.6 is 0 Å². The Bertz CT molecular complexity index is 377. The van der Waals surface area contributed by atoms with Crippen molar-refractivity contribution < 1.29 is 5.11 Å². The van der Waals surface area contributed by atoms with Gasteiger partial charge in [0.1, 0.15) is 0 Å². The van der Waals surface area contributed by atoms with Crippen LogP contribution in [0.15, 0.2) is 24.3 Å². The number of anilines is 1. The fourth-order valence-corrected chi connectivity index (χ4v) is 2.44. The zero-order valence-corrected chi connectivity index (χ0v) is 11.1. The Hall–Kier alpha value is -1.02. The molecule has 0 heterocycles. The summed E-state index contributed by atoms with van der Waals surface area (Å²) in [5.41, 5.74) is 2.24. The number of rotatable bonds is 5. The first-order chi connectivity index (χ1) is 8.13. The van der Waals surface area contributed by atoms with E-state index in [1.165, 1.54) is 12.1 Å².